The van der Waals surface area contributed by atoms with E-state index in [-0.39, 0.29) is 5.95 Å². The van der Waals surface area contributed by atoms with E-state index in [0.29, 0.717) is 0 Å². The van der Waals surface area contributed by atoms with Crippen LogP contribution in [0, 0.1) is 6.92 Å². The zero-order valence-corrected chi connectivity index (χ0v) is 9.36. The third-order valence-electron chi connectivity index (χ3n) is 2.42. The van der Waals surface area contributed by atoms with E-state index in [2.05, 4.69) is 15.3 Å². The number of nitrogens with two attached hydrogens (primary N) is 1. The second-order valence-electron chi connectivity index (χ2n) is 3.56. The van der Waals surface area contributed by atoms with Gasteiger partial charge >= 0.3 is 0 Å². The van der Waals surface area contributed by atoms with E-state index in [1.54, 1.807) is 0 Å². The lowest BCUT2D eigenvalue weighted by molar-refractivity contribution is 1.18. The van der Waals surface area contributed by atoms with Gasteiger partial charge in [-0.25, -0.2) is 4.98 Å². The maximum Gasteiger partial charge on any atom is 0.222 e. The van der Waals surface area contributed by atoms with Crippen molar-refractivity contribution in [2.75, 3.05) is 18.1 Å². The molecule has 0 saturated carbocycles. The zero-order valence-electron chi connectivity index (χ0n) is 9.36. The van der Waals surface area contributed by atoms with Crippen molar-refractivity contribution in [3.05, 3.63) is 35.9 Å². The van der Waals surface area contributed by atoms with Gasteiger partial charge in [-0.05, 0) is 12.5 Å². The van der Waals surface area contributed by atoms with Crippen LogP contribution in [-0.2, 0) is 0 Å². The second-order valence-corrected chi connectivity index (χ2v) is 3.56. The van der Waals surface area contributed by atoms with Gasteiger partial charge in [0.1, 0.15) is 5.82 Å². The molecular weight excluding hydrogens is 200 g/mol. The van der Waals surface area contributed by atoms with Crippen LogP contribution in [0.15, 0.2) is 30.3 Å². The molecule has 4 heteroatoms. The lowest BCUT2D eigenvalue weighted by Crippen LogP contribution is -2.01. The summed E-state index contributed by atoms with van der Waals surface area (Å²) < 4.78 is 0. The smallest absolute Gasteiger partial charge is 0.222 e. The SMILES string of the molecule is CNc1cc(-c2ccccc2C)nc(N)n1. The molecule has 4 nitrogen and oxygen atoms in total. The van der Waals surface area contributed by atoms with Gasteiger partial charge in [-0.1, -0.05) is 24.3 Å². The maximum absolute atomic E-state index is 5.66. The first-order valence-corrected chi connectivity index (χ1v) is 5.09. The van der Waals surface area contributed by atoms with E-state index in [1.165, 1.54) is 5.56 Å². The number of aryl methyl sites for hydroxylation is 1. The van der Waals surface area contributed by atoms with Crippen molar-refractivity contribution in [3.8, 4) is 11.3 Å². The number of nitrogens with zero attached hydrogens (tertiary/aromatic N) is 2. The molecule has 0 atom stereocenters. The van der Waals surface area contributed by atoms with Gasteiger partial charge in [0.25, 0.3) is 0 Å². The number of nitrogens with one attached hydrogen (secondary N) is 1. The van der Waals surface area contributed by atoms with Crippen LogP contribution in [0.3, 0.4) is 0 Å². The predicted octanol–water partition coefficient (Wildman–Crippen LogP) is 2.08. The largest absolute Gasteiger partial charge is 0.373 e. The standard InChI is InChI=1S/C12H14N4/c1-8-5-3-4-6-9(8)10-7-11(14-2)16-12(13)15-10/h3-7H,1-2H3,(H3,13,14,15,16). The first-order chi connectivity index (χ1) is 7.70. The molecule has 0 spiro atoms. The fraction of sp³-hybridized carbons (Fsp3) is 0.167. The van der Waals surface area contributed by atoms with Gasteiger partial charge < -0.3 is 11.1 Å². The lowest BCUT2D eigenvalue weighted by atomic mass is 10.1. The Bertz CT molecular complexity index is 508. The summed E-state index contributed by atoms with van der Waals surface area (Å²) in [5.41, 5.74) is 8.75. The first-order valence-electron chi connectivity index (χ1n) is 5.09. The van der Waals surface area contributed by atoms with Crippen LogP contribution in [0.4, 0.5) is 11.8 Å². The first kappa shape index (κ1) is 10.4. The normalized spacial score (nSPS) is 10.1. The predicted molar refractivity (Wildman–Crippen MR) is 66.2 cm³/mol. The van der Waals surface area contributed by atoms with Crippen molar-refractivity contribution >= 4 is 11.8 Å². The highest BCUT2D eigenvalue weighted by Gasteiger charge is 2.05. The minimum atomic E-state index is 0.283. The molecule has 0 saturated heterocycles. The summed E-state index contributed by atoms with van der Waals surface area (Å²) in [6.07, 6.45) is 0. The van der Waals surface area contributed by atoms with Crippen molar-refractivity contribution in [1.29, 1.82) is 0 Å². The Hall–Kier alpha value is -2.10. The molecule has 0 amide bonds. The van der Waals surface area contributed by atoms with Gasteiger partial charge in [0.2, 0.25) is 5.95 Å². The van der Waals surface area contributed by atoms with Crippen LogP contribution in [0.25, 0.3) is 11.3 Å². The van der Waals surface area contributed by atoms with Gasteiger partial charge in [0, 0.05) is 18.7 Å². The number of anilines is 2. The highest BCUT2D eigenvalue weighted by atomic mass is 15.1. The van der Waals surface area contributed by atoms with Crippen LogP contribution >= 0.6 is 0 Å². The van der Waals surface area contributed by atoms with E-state index in [9.17, 15) is 0 Å². The molecule has 0 aliphatic heterocycles. The highest BCUT2D eigenvalue weighted by Crippen LogP contribution is 2.23. The van der Waals surface area contributed by atoms with Crippen LogP contribution in [-0.4, -0.2) is 17.0 Å². The molecule has 16 heavy (non-hydrogen) atoms. The molecule has 1 heterocycles. The topological polar surface area (TPSA) is 63.8 Å². The molecule has 0 fully saturated rings. The minimum Gasteiger partial charge on any atom is -0.373 e. The van der Waals surface area contributed by atoms with E-state index in [1.807, 2.05) is 44.3 Å². The van der Waals surface area contributed by atoms with Crippen LogP contribution < -0.4 is 11.1 Å². The van der Waals surface area contributed by atoms with Gasteiger partial charge in [-0.3, -0.25) is 0 Å². The van der Waals surface area contributed by atoms with Crippen molar-refractivity contribution in [1.82, 2.24) is 9.97 Å². The Morgan fingerprint density at radius 1 is 1.19 bits per heavy atom. The average molecular weight is 214 g/mol. The van der Waals surface area contributed by atoms with Crippen LogP contribution in [0.1, 0.15) is 5.56 Å². The Morgan fingerprint density at radius 2 is 1.94 bits per heavy atom. The minimum absolute atomic E-state index is 0.283. The van der Waals surface area contributed by atoms with E-state index in [0.717, 1.165) is 17.1 Å². The lowest BCUT2D eigenvalue weighted by Gasteiger charge is -2.07. The van der Waals surface area contributed by atoms with Crippen molar-refractivity contribution in [2.24, 2.45) is 0 Å². The van der Waals surface area contributed by atoms with Crippen molar-refractivity contribution in [2.45, 2.75) is 6.92 Å². The highest BCUT2D eigenvalue weighted by molar-refractivity contribution is 5.67. The monoisotopic (exact) mass is 214 g/mol. The average Bonchev–Trinajstić information content (AvgIpc) is 2.28. The number of rotatable bonds is 2. The second kappa shape index (κ2) is 4.18. The third kappa shape index (κ3) is 1.95. The number of benzene rings is 1. The summed E-state index contributed by atoms with van der Waals surface area (Å²) in [7, 11) is 1.81. The Balaban J connectivity index is 2.56. The van der Waals surface area contributed by atoms with Gasteiger partial charge in [-0.2, -0.15) is 4.98 Å². The van der Waals surface area contributed by atoms with Gasteiger partial charge in [0.15, 0.2) is 0 Å². The summed E-state index contributed by atoms with van der Waals surface area (Å²) in [5.74, 6) is 1.01. The fourth-order valence-corrected chi connectivity index (χ4v) is 1.59. The molecule has 82 valence electrons. The molecule has 1 aromatic carbocycles. The van der Waals surface area contributed by atoms with E-state index < -0.39 is 0 Å². The molecule has 0 unspecified atom stereocenters. The number of aromatic nitrogens is 2. The van der Waals surface area contributed by atoms with Crippen molar-refractivity contribution in [3.63, 3.8) is 0 Å². The quantitative estimate of drug-likeness (QED) is 0.803. The summed E-state index contributed by atoms with van der Waals surface area (Å²) in [6, 6.07) is 9.95. The summed E-state index contributed by atoms with van der Waals surface area (Å²) in [5, 5.41) is 2.97. The van der Waals surface area contributed by atoms with Crippen molar-refractivity contribution < 1.29 is 0 Å². The van der Waals surface area contributed by atoms with Gasteiger partial charge in [-0.15, -0.1) is 0 Å². The molecule has 0 aliphatic carbocycles. The molecule has 1 aromatic heterocycles. The number of nitrogen functional groups attached to an aromatic ring is 1. The Kier molecular flexibility index (Phi) is 2.72. The number of hydrogen-bond acceptors (Lipinski definition) is 4. The molecule has 2 rings (SSSR count). The van der Waals surface area contributed by atoms with Crippen LogP contribution in [0.2, 0.25) is 0 Å². The molecule has 0 radical (unpaired) electrons. The van der Waals surface area contributed by atoms with E-state index in [4.69, 9.17) is 5.73 Å². The third-order valence-corrected chi connectivity index (χ3v) is 2.42. The van der Waals surface area contributed by atoms with Crippen LogP contribution in [0.5, 0.6) is 0 Å². The summed E-state index contributed by atoms with van der Waals surface area (Å²) in [4.78, 5) is 8.30. The fourth-order valence-electron chi connectivity index (χ4n) is 1.59. The molecule has 0 aliphatic rings. The summed E-state index contributed by atoms with van der Waals surface area (Å²) in [6.45, 7) is 2.05. The number of hydrogen-bond donors (Lipinski definition) is 2. The zero-order chi connectivity index (χ0) is 11.5. The Labute approximate surface area is 94.5 Å². The van der Waals surface area contributed by atoms with E-state index >= 15 is 0 Å². The molecule has 0 bridgehead atoms. The summed E-state index contributed by atoms with van der Waals surface area (Å²) >= 11 is 0. The molecule has 3 N–H and O–H groups in total. The maximum atomic E-state index is 5.66. The molecule has 2 aromatic rings. The Morgan fingerprint density at radius 3 is 2.62 bits per heavy atom. The van der Waals surface area contributed by atoms with Gasteiger partial charge in [0.05, 0.1) is 5.69 Å². The molecular formula is C12H14N4.